The quantitative estimate of drug-likeness (QED) is 0.548. The molecule has 0 saturated carbocycles. The summed E-state index contributed by atoms with van der Waals surface area (Å²) in [6.07, 6.45) is 0. The fourth-order valence-electron chi connectivity index (χ4n) is 1.72. The summed E-state index contributed by atoms with van der Waals surface area (Å²) in [5, 5.41) is 2.28. The minimum Gasteiger partial charge on any atom is -0.456 e. The van der Waals surface area contributed by atoms with Gasteiger partial charge in [0.2, 0.25) is 0 Å². The number of benzene rings is 2. The second-order valence-corrected chi connectivity index (χ2v) is 3.82. The third-order valence-corrected chi connectivity index (χ3v) is 2.63. The monoisotopic (exact) mass is 220 g/mol. The van der Waals surface area contributed by atoms with E-state index in [4.69, 9.17) is 16.0 Å². The molecule has 0 amide bonds. The maximum absolute atomic E-state index is 13.1. The molecule has 0 aliphatic carbocycles. The Bertz CT molecular complexity index is 657. The van der Waals surface area contributed by atoms with Crippen LogP contribution in [0.1, 0.15) is 0 Å². The number of hydrogen-bond acceptors (Lipinski definition) is 1. The van der Waals surface area contributed by atoms with Gasteiger partial charge in [0, 0.05) is 21.9 Å². The lowest BCUT2D eigenvalue weighted by molar-refractivity contribution is 0.626. The average Bonchev–Trinajstić information content (AvgIpc) is 2.54. The van der Waals surface area contributed by atoms with Crippen molar-refractivity contribution in [2.45, 2.75) is 0 Å². The zero-order valence-corrected chi connectivity index (χ0v) is 8.38. The molecule has 74 valence electrons. The van der Waals surface area contributed by atoms with Gasteiger partial charge in [0.1, 0.15) is 17.0 Å². The van der Waals surface area contributed by atoms with E-state index in [0.29, 0.717) is 16.2 Å². The fourth-order valence-corrected chi connectivity index (χ4v) is 1.89. The Balaban J connectivity index is 2.53. The van der Waals surface area contributed by atoms with Gasteiger partial charge in [0.25, 0.3) is 0 Å². The van der Waals surface area contributed by atoms with Gasteiger partial charge in [-0.25, -0.2) is 4.39 Å². The van der Waals surface area contributed by atoms with Crippen molar-refractivity contribution in [3.05, 3.63) is 47.2 Å². The van der Waals surface area contributed by atoms with Crippen LogP contribution in [0.5, 0.6) is 0 Å². The smallest absolute Gasteiger partial charge is 0.136 e. The highest BCUT2D eigenvalue weighted by atomic mass is 35.5. The molecular weight excluding hydrogens is 215 g/mol. The topological polar surface area (TPSA) is 13.1 Å². The Morgan fingerprint density at radius 2 is 1.80 bits per heavy atom. The SMILES string of the molecule is Fc1ccc2oc3cc(Cl)ccc3c2c1. The highest BCUT2D eigenvalue weighted by Crippen LogP contribution is 2.30. The molecule has 3 heteroatoms. The molecule has 0 atom stereocenters. The van der Waals surface area contributed by atoms with Crippen LogP contribution < -0.4 is 0 Å². The lowest BCUT2D eigenvalue weighted by Crippen LogP contribution is -1.71. The molecular formula is C12H6ClFO. The molecule has 0 saturated heterocycles. The Hall–Kier alpha value is -1.54. The van der Waals surface area contributed by atoms with E-state index in [2.05, 4.69) is 0 Å². The van der Waals surface area contributed by atoms with Gasteiger partial charge in [0.05, 0.1) is 0 Å². The van der Waals surface area contributed by atoms with E-state index in [0.717, 1.165) is 10.8 Å². The van der Waals surface area contributed by atoms with Crippen LogP contribution in [-0.2, 0) is 0 Å². The summed E-state index contributed by atoms with van der Waals surface area (Å²) in [6.45, 7) is 0. The summed E-state index contributed by atoms with van der Waals surface area (Å²) in [5.74, 6) is -0.264. The third kappa shape index (κ3) is 1.29. The van der Waals surface area contributed by atoms with Gasteiger partial charge in [-0.1, -0.05) is 11.6 Å². The molecule has 2 aromatic carbocycles. The zero-order chi connectivity index (χ0) is 10.4. The van der Waals surface area contributed by atoms with Gasteiger partial charge in [-0.05, 0) is 30.3 Å². The lowest BCUT2D eigenvalue weighted by atomic mass is 10.1. The van der Waals surface area contributed by atoms with Crippen molar-refractivity contribution in [1.82, 2.24) is 0 Å². The summed E-state index contributed by atoms with van der Waals surface area (Å²) in [5.41, 5.74) is 1.36. The van der Waals surface area contributed by atoms with Crippen LogP contribution in [0.2, 0.25) is 5.02 Å². The van der Waals surface area contributed by atoms with Gasteiger partial charge in [-0.3, -0.25) is 0 Å². The van der Waals surface area contributed by atoms with Crippen LogP contribution in [-0.4, -0.2) is 0 Å². The van der Waals surface area contributed by atoms with Gasteiger partial charge in [0.15, 0.2) is 0 Å². The van der Waals surface area contributed by atoms with E-state index in [9.17, 15) is 4.39 Å². The molecule has 0 aliphatic heterocycles. The number of halogens is 2. The third-order valence-electron chi connectivity index (χ3n) is 2.40. The summed E-state index contributed by atoms with van der Waals surface area (Å²) < 4.78 is 18.6. The molecule has 0 aliphatic rings. The minimum atomic E-state index is -0.264. The standard InChI is InChI=1S/C12H6ClFO/c13-7-1-3-9-10-6-8(14)2-4-11(10)15-12(9)5-7/h1-6H. The van der Waals surface area contributed by atoms with Crippen LogP contribution in [0.3, 0.4) is 0 Å². The van der Waals surface area contributed by atoms with Gasteiger partial charge < -0.3 is 4.42 Å². The second-order valence-electron chi connectivity index (χ2n) is 3.38. The van der Waals surface area contributed by atoms with Crippen molar-refractivity contribution < 1.29 is 8.81 Å². The Labute approximate surface area is 90.1 Å². The zero-order valence-electron chi connectivity index (χ0n) is 7.63. The Kier molecular flexibility index (Phi) is 1.73. The van der Waals surface area contributed by atoms with Crippen LogP contribution in [0, 0.1) is 5.82 Å². The first-order chi connectivity index (χ1) is 7.24. The van der Waals surface area contributed by atoms with Gasteiger partial charge in [-0.2, -0.15) is 0 Å². The molecule has 15 heavy (non-hydrogen) atoms. The van der Waals surface area contributed by atoms with E-state index in [1.807, 2.05) is 6.07 Å². The van der Waals surface area contributed by atoms with E-state index in [-0.39, 0.29) is 5.82 Å². The first-order valence-electron chi connectivity index (χ1n) is 4.51. The van der Waals surface area contributed by atoms with Crippen LogP contribution >= 0.6 is 11.6 Å². The van der Waals surface area contributed by atoms with Crippen molar-refractivity contribution in [3.63, 3.8) is 0 Å². The minimum absolute atomic E-state index is 0.264. The molecule has 0 radical (unpaired) electrons. The Morgan fingerprint density at radius 1 is 0.933 bits per heavy atom. The van der Waals surface area contributed by atoms with Crippen molar-refractivity contribution in [3.8, 4) is 0 Å². The van der Waals surface area contributed by atoms with Gasteiger partial charge in [-0.15, -0.1) is 0 Å². The largest absolute Gasteiger partial charge is 0.456 e. The van der Waals surface area contributed by atoms with Crippen LogP contribution in [0.25, 0.3) is 21.9 Å². The number of furan rings is 1. The van der Waals surface area contributed by atoms with E-state index in [1.165, 1.54) is 12.1 Å². The van der Waals surface area contributed by atoms with Crippen molar-refractivity contribution in [1.29, 1.82) is 0 Å². The highest BCUT2D eigenvalue weighted by Gasteiger charge is 2.07. The molecule has 3 aromatic rings. The average molecular weight is 221 g/mol. The predicted molar refractivity (Wildman–Crippen MR) is 58.7 cm³/mol. The predicted octanol–water partition coefficient (Wildman–Crippen LogP) is 4.38. The molecule has 1 aromatic heterocycles. The number of rotatable bonds is 0. The molecule has 3 rings (SSSR count). The van der Waals surface area contributed by atoms with Crippen LogP contribution in [0.4, 0.5) is 4.39 Å². The molecule has 1 heterocycles. The van der Waals surface area contributed by atoms with Crippen molar-refractivity contribution >= 4 is 33.5 Å². The van der Waals surface area contributed by atoms with Gasteiger partial charge >= 0.3 is 0 Å². The molecule has 0 unspecified atom stereocenters. The van der Waals surface area contributed by atoms with Crippen molar-refractivity contribution in [2.75, 3.05) is 0 Å². The number of fused-ring (bicyclic) bond motifs is 3. The fraction of sp³-hybridized carbons (Fsp3) is 0. The number of hydrogen-bond donors (Lipinski definition) is 0. The summed E-state index contributed by atoms with van der Waals surface area (Å²) in [6, 6.07) is 9.81. The first-order valence-corrected chi connectivity index (χ1v) is 4.89. The molecule has 0 spiro atoms. The van der Waals surface area contributed by atoms with E-state index < -0.39 is 0 Å². The normalized spacial score (nSPS) is 11.3. The highest BCUT2D eigenvalue weighted by molar-refractivity contribution is 6.31. The molecule has 0 bridgehead atoms. The van der Waals surface area contributed by atoms with E-state index >= 15 is 0 Å². The lowest BCUT2D eigenvalue weighted by Gasteiger charge is -1.89. The Morgan fingerprint density at radius 3 is 2.67 bits per heavy atom. The van der Waals surface area contributed by atoms with E-state index in [1.54, 1.807) is 18.2 Å². The first kappa shape index (κ1) is 8.74. The molecule has 0 fully saturated rings. The summed E-state index contributed by atoms with van der Waals surface area (Å²) >= 11 is 5.84. The maximum atomic E-state index is 13.1. The molecule has 0 N–H and O–H groups in total. The van der Waals surface area contributed by atoms with Crippen LogP contribution in [0.15, 0.2) is 40.8 Å². The second kappa shape index (κ2) is 2.97. The molecule has 1 nitrogen and oxygen atoms in total. The van der Waals surface area contributed by atoms with Crippen molar-refractivity contribution in [2.24, 2.45) is 0 Å². The maximum Gasteiger partial charge on any atom is 0.136 e. The summed E-state index contributed by atoms with van der Waals surface area (Å²) in [4.78, 5) is 0. The summed E-state index contributed by atoms with van der Waals surface area (Å²) in [7, 11) is 0.